The summed E-state index contributed by atoms with van der Waals surface area (Å²) < 4.78 is 1.76. The molecular weight excluding hydrogens is 600 g/mol. The number of piperidine rings is 1. The van der Waals surface area contributed by atoms with Crippen molar-refractivity contribution in [3.8, 4) is 0 Å². The Bertz CT molecular complexity index is 1750. The first-order chi connectivity index (χ1) is 22.8. The molecule has 3 aromatic rings. The first-order valence-electron chi connectivity index (χ1n) is 16.6. The molecule has 2 fully saturated rings. The summed E-state index contributed by atoms with van der Waals surface area (Å²) in [6.07, 6.45) is 10.1. The van der Waals surface area contributed by atoms with Gasteiger partial charge in [-0.2, -0.15) is 9.61 Å². The van der Waals surface area contributed by atoms with Gasteiger partial charge in [0, 0.05) is 61.1 Å². The lowest BCUT2D eigenvalue weighted by atomic mass is 10.0. The Kier molecular flexibility index (Phi) is 9.69. The van der Waals surface area contributed by atoms with Crippen LogP contribution in [-0.2, 0) is 20.8 Å². The van der Waals surface area contributed by atoms with Gasteiger partial charge in [-0.05, 0) is 50.7 Å². The second-order valence-electron chi connectivity index (χ2n) is 12.4. The SMILES string of the molecule is CCCc1cc(N=C2CCC(NC(=O)CCCCCCNc3cccc4c3C(=O)N(C3CCC(=O)NC3=O)C4=O)C2)n2nccc2n1. The van der Waals surface area contributed by atoms with Gasteiger partial charge >= 0.3 is 0 Å². The van der Waals surface area contributed by atoms with E-state index in [2.05, 4.69) is 33.0 Å². The lowest BCUT2D eigenvalue weighted by Gasteiger charge is -2.27. The third-order valence-electron chi connectivity index (χ3n) is 8.92. The molecular formula is C34H40N8O5. The van der Waals surface area contributed by atoms with Crippen molar-refractivity contribution in [1.82, 2.24) is 30.1 Å². The number of carbonyl (C=O) groups is 5. The Morgan fingerprint density at radius 1 is 1.04 bits per heavy atom. The number of amides is 5. The lowest BCUT2D eigenvalue weighted by molar-refractivity contribution is -0.136. The smallest absolute Gasteiger partial charge is 0.264 e. The van der Waals surface area contributed by atoms with E-state index in [4.69, 9.17) is 4.99 Å². The number of rotatable bonds is 13. The van der Waals surface area contributed by atoms with Crippen LogP contribution < -0.4 is 16.0 Å². The number of hydrogen-bond acceptors (Lipinski definition) is 9. The number of nitrogens with one attached hydrogen (secondary N) is 3. The van der Waals surface area contributed by atoms with Crippen molar-refractivity contribution >= 4 is 52.4 Å². The van der Waals surface area contributed by atoms with E-state index in [0.717, 1.165) is 85.6 Å². The van der Waals surface area contributed by atoms with E-state index in [1.54, 1.807) is 28.9 Å². The Hall–Kier alpha value is -4.94. The minimum Gasteiger partial charge on any atom is -0.384 e. The highest BCUT2D eigenvalue weighted by molar-refractivity contribution is 6.25. The van der Waals surface area contributed by atoms with Crippen LogP contribution in [0.2, 0.25) is 0 Å². The van der Waals surface area contributed by atoms with Crippen molar-refractivity contribution in [1.29, 1.82) is 0 Å². The molecule has 2 atom stereocenters. The van der Waals surface area contributed by atoms with Crippen molar-refractivity contribution in [3.63, 3.8) is 0 Å². The molecule has 1 aliphatic carbocycles. The summed E-state index contributed by atoms with van der Waals surface area (Å²) in [5.74, 6) is -1.24. The van der Waals surface area contributed by atoms with E-state index in [9.17, 15) is 24.0 Å². The van der Waals surface area contributed by atoms with E-state index < -0.39 is 29.7 Å². The van der Waals surface area contributed by atoms with Gasteiger partial charge < -0.3 is 10.6 Å². The Morgan fingerprint density at radius 2 is 1.89 bits per heavy atom. The molecule has 2 aromatic heterocycles. The zero-order chi connectivity index (χ0) is 32.9. The molecule has 13 nitrogen and oxygen atoms in total. The minimum absolute atomic E-state index is 0.0570. The second-order valence-corrected chi connectivity index (χ2v) is 12.4. The number of benzene rings is 1. The standard InChI is InChI=1S/C34H40N8O5/c1-2-8-21-20-28(42-27(37-21)16-18-36-42)38-22-12-13-23(19-22)39-29(43)11-5-3-4-6-17-35-25-10-7-9-24-31(25)34(47)41(33(24)46)26-14-15-30(44)40-32(26)45/h7,9-10,16,18,20,23,26,35H,2-6,8,11-15,17,19H2,1H3,(H,39,43)(H,40,44,45). The lowest BCUT2D eigenvalue weighted by Crippen LogP contribution is -2.54. The summed E-state index contributed by atoms with van der Waals surface area (Å²) in [6, 6.07) is 8.02. The first-order valence-corrected chi connectivity index (χ1v) is 16.6. The number of aromatic nitrogens is 3. The summed E-state index contributed by atoms with van der Waals surface area (Å²) in [4.78, 5) is 73.3. The predicted molar refractivity (Wildman–Crippen MR) is 175 cm³/mol. The molecule has 3 N–H and O–H groups in total. The van der Waals surface area contributed by atoms with E-state index >= 15 is 0 Å². The van der Waals surface area contributed by atoms with Crippen LogP contribution >= 0.6 is 0 Å². The van der Waals surface area contributed by atoms with Gasteiger partial charge in [0.25, 0.3) is 11.8 Å². The summed E-state index contributed by atoms with van der Waals surface area (Å²) in [7, 11) is 0. The number of unbranched alkanes of at least 4 members (excludes halogenated alkanes) is 3. The average molecular weight is 641 g/mol. The molecule has 13 heteroatoms. The number of nitrogens with zero attached hydrogens (tertiary/aromatic N) is 5. The van der Waals surface area contributed by atoms with Gasteiger partial charge in [0.05, 0.1) is 17.3 Å². The summed E-state index contributed by atoms with van der Waals surface area (Å²) in [5, 5.41) is 13.0. The molecule has 1 saturated heterocycles. The Labute approximate surface area is 272 Å². The molecule has 3 aliphatic rings. The number of hydrogen-bond donors (Lipinski definition) is 3. The predicted octanol–water partition coefficient (Wildman–Crippen LogP) is 3.89. The van der Waals surface area contributed by atoms with Crippen LogP contribution in [0.15, 0.2) is 41.5 Å². The second kappa shape index (κ2) is 14.2. The van der Waals surface area contributed by atoms with Crippen molar-refractivity contribution < 1.29 is 24.0 Å². The number of fused-ring (bicyclic) bond motifs is 2. The highest BCUT2D eigenvalue weighted by atomic mass is 16.2. The van der Waals surface area contributed by atoms with Gasteiger partial charge in [-0.15, -0.1) is 0 Å². The fourth-order valence-electron chi connectivity index (χ4n) is 6.58. The van der Waals surface area contributed by atoms with Crippen molar-refractivity contribution in [2.75, 3.05) is 11.9 Å². The quantitative estimate of drug-likeness (QED) is 0.187. The van der Waals surface area contributed by atoms with Gasteiger partial charge in [-0.25, -0.2) is 9.98 Å². The van der Waals surface area contributed by atoms with Crippen LogP contribution in [0.5, 0.6) is 0 Å². The van der Waals surface area contributed by atoms with Gasteiger partial charge in [-0.1, -0.05) is 32.3 Å². The molecule has 2 unspecified atom stereocenters. The molecule has 4 heterocycles. The molecule has 6 rings (SSSR count). The summed E-state index contributed by atoms with van der Waals surface area (Å²) in [5.41, 5.74) is 3.93. The molecule has 1 saturated carbocycles. The van der Waals surface area contributed by atoms with Crippen LogP contribution in [0.3, 0.4) is 0 Å². The molecule has 2 aliphatic heterocycles. The number of aryl methyl sites for hydroxylation is 1. The molecule has 5 amide bonds. The molecule has 246 valence electrons. The van der Waals surface area contributed by atoms with Crippen LogP contribution in [0.4, 0.5) is 11.5 Å². The van der Waals surface area contributed by atoms with Crippen molar-refractivity contribution in [2.24, 2.45) is 4.99 Å². The maximum Gasteiger partial charge on any atom is 0.264 e. The minimum atomic E-state index is -0.992. The van der Waals surface area contributed by atoms with Crippen LogP contribution in [0.1, 0.15) is 104 Å². The van der Waals surface area contributed by atoms with Crippen LogP contribution in [0.25, 0.3) is 5.65 Å². The zero-order valence-electron chi connectivity index (χ0n) is 26.6. The van der Waals surface area contributed by atoms with Crippen LogP contribution in [0, 0.1) is 0 Å². The molecule has 0 radical (unpaired) electrons. The van der Waals surface area contributed by atoms with Crippen molar-refractivity contribution in [3.05, 3.63) is 53.3 Å². The maximum atomic E-state index is 13.2. The number of imide groups is 2. The number of aliphatic imine (C=N–C) groups is 1. The van der Waals surface area contributed by atoms with Gasteiger partial charge in [0.15, 0.2) is 11.5 Å². The Morgan fingerprint density at radius 3 is 2.72 bits per heavy atom. The van der Waals surface area contributed by atoms with Gasteiger partial charge in [0.1, 0.15) is 6.04 Å². The number of carbonyl (C=O) groups excluding carboxylic acids is 5. The van der Waals surface area contributed by atoms with E-state index in [1.807, 2.05) is 12.1 Å². The topological polar surface area (TPSA) is 167 Å². The third-order valence-corrected chi connectivity index (χ3v) is 8.92. The monoisotopic (exact) mass is 640 g/mol. The maximum absolute atomic E-state index is 13.2. The van der Waals surface area contributed by atoms with Gasteiger partial charge in [0.2, 0.25) is 17.7 Å². The fourth-order valence-corrected chi connectivity index (χ4v) is 6.58. The van der Waals surface area contributed by atoms with E-state index in [0.29, 0.717) is 18.7 Å². The fraction of sp³-hybridized carbons (Fsp3) is 0.471. The normalized spacial score (nSPS) is 20.3. The molecule has 1 aromatic carbocycles. The van der Waals surface area contributed by atoms with Crippen molar-refractivity contribution in [2.45, 2.75) is 96.1 Å². The number of anilines is 1. The van der Waals surface area contributed by atoms with E-state index in [-0.39, 0.29) is 35.9 Å². The largest absolute Gasteiger partial charge is 0.384 e. The zero-order valence-corrected chi connectivity index (χ0v) is 26.6. The van der Waals surface area contributed by atoms with Gasteiger partial charge in [-0.3, -0.25) is 34.2 Å². The molecule has 0 bridgehead atoms. The first kappa shape index (κ1) is 32.0. The highest BCUT2D eigenvalue weighted by Gasteiger charge is 2.45. The average Bonchev–Trinajstić information content (AvgIpc) is 3.76. The van der Waals surface area contributed by atoms with Crippen LogP contribution in [-0.4, -0.2) is 73.4 Å². The molecule has 47 heavy (non-hydrogen) atoms. The Balaban J connectivity index is 0.913. The summed E-state index contributed by atoms with van der Waals surface area (Å²) in [6.45, 7) is 2.72. The molecule has 0 spiro atoms. The highest BCUT2D eigenvalue weighted by Crippen LogP contribution is 2.32. The summed E-state index contributed by atoms with van der Waals surface area (Å²) >= 11 is 0. The van der Waals surface area contributed by atoms with E-state index in [1.165, 1.54) is 0 Å². The third kappa shape index (κ3) is 7.08.